The first-order chi connectivity index (χ1) is 11.3. The number of hydrogen-bond acceptors (Lipinski definition) is 2. The fourth-order valence-corrected chi connectivity index (χ4v) is 4.88. The topological polar surface area (TPSA) is 26.3 Å². The molecular weight excluding hydrogens is 304 g/mol. The molecule has 0 saturated carbocycles. The fraction of sp³-hybridized carbons (Fsp3) is 0. The van der Waals surface area contributed by atoms with Gasteiger partial charge in [0.05, 0.1) is 0 Å². The van der Waals surface area contributed by atoms with Gasteiger partial charge in [0.15, 0.2) is 0 Å². The van der Waals surface area contributed by atoms with Crippen LogP contribution in [-0.2, 0) is 4.79 Å². The van der Waals surface area contributed by atoms with E-state index in [0.717, 1.165) is 20.2 Å². The van der Waals surface area contributed by atoms with Crippen molar-refractivity contribution in [3.8, 4) is 5.75 Å². The van der Waals surface area contributed by atoms with Gasteiger partial charge in [-0.15, -0.1) is 10.5 Å². The van der Waals surface area contributed by atoms with Crippen molar-refractivity contribution in [1.29, 1.82) is 0 Å². The molecule has 0 saturated heterocycles. The summed E-state index contributed by atoms with van der Waals surface area (Å²) in [6.07, 6.45) is 0. The Bertz CT molecular complexity index is 858. The Morgan fingerprint density at radius 3 is 1.78 bits per heavy atom. The molecule has 0 unspecified atom stereocenters. The molecule has 0 aromatic heterocycles. The maximum absolute atomic E-state index is 12.6. The number of rotatable bonds is 2. The number of hydrogen-bond donors (Lipinski definition) is 0. The molecule has 0 radical (unpaired) electrons. The Labute approximate surface area is 137 Å². The van der Waals surface area contributed by atoms with Gasteiger partial charge in [0.2, 0.25) is 0 Å². The van der Waals surface area contributed by atoms with E-state index in [4.69, 9.17) is 4.74 Å². The first-order valence-electron chi connectivity index (χ1n) is 7.37. The van der Waals surface area contributed by atoms with E-state index in [2.05, 4.69) is 24.3 Å². The van der Waals surface area contributed by atoms with Crippen LogP contribution in [-0.4, -0.2) is 10.8 Å². The maximum Gasteiger partial charge on any atom is 0.350 e. The molecule has 3 heteroatoms. The summed E-state index contributed by atoms with van der Waals surface area (Å²) < 4.78 is 5.47. The SMILES string of the molecule is O=C1Oc2ccccc2C1=S(c1ccccc1)c1ccccc1. The first-order valence-corrected chi connectivity index (χ1v) is 8.60. The van der Waals surface area contributed by atoms with Crippen molar-refractivity contribution in [3.63, 3.8) is 0 Å². The summed E-state index contributed by atoms with van der Waals surface area (Å²) in [5.41, 5.74) is 0.897. The Morgan fingerprint density at radius 2 is 1.17 bits per heavy atom. The number of carbonyl (C=O) groups is 1. The van der Waals surface area contributed by atoms with Gasteiger partial charge in [-0.2, -0.15) is 0 Å². The molecule has 3 aromatic carbocycles. The summed E-state index contributed by atoms with van der Waals surface area (Å²) in [7, 11) is -0.476. The average Bonchev–Trinajstić information content (AvgIpc) is 2.94. The Balaban J connectivity index is 2.05. The molecule has 1 aliphatic rings. The molecule has 1 heterocycles. The number of ether oxygens (including phenoxy) is 1. The highest BCUT2D eigenvalue weighted by molar-refractivity contribution is 8.17. The van der Waals surface area contributed by atoms with E-state index in [1.54, 1.807) is 0 Å². The van der Waals surface area contributed by atoms with Crippen LogP contribution in [0.4, 0.5) is 0 Å². The standard InChI is InChI=1S/C20H14O2S/c21-20-19(17-13-7-8-14-18(17)22-20)23(15-9-3-1-4-10-15)16-11-5-2-6-12-16/h1-14H. The number of carbonyl (C=O) groups excluding carboxylic acids is 1. The molecule has 3 aromatic rings. The molecule has 0 N–H and O–H groups in total. The minimum atomic E-state index is -0.476. The van der Waals surface area contributed by atoms with Crippen LogP contribution in [0.3, 0.4) is 0 Å². The molecule has 0 amide bonds. The normalized spacial score (nSPS) is 13.1. The third-order valence-electron chi connectivity index (χ3n) is 3.68. The lowest BCUT2D eigenvalue weighted by molar-refractivity contribution is -0.125. The van der Waals surface area contributed by atoms with Crippen LogP contribution in [0.15, 0.2) is 94.7 Å². The van der Waals surface area contributed by atoms with Gasteiger partial charge in [-0.1, -0.05) is 48.5 Å². The van der Waals surface area contributed by atoms with Crippen molar-refractivity contribution in [2.75, 3.05) is 0 Å². The highest BCUT2D eigenvalue weighted by Gasteiger charge is 2.30. The second kappa shape index (κ2) is 5.86. The number of para-hydroxylation sites is 1. The summed E-state index contributed by atoms with van der Waals surface area (Å²) in [4.78, 5) is 15.5. The third-order valence-corrected chi connectivity index (χ3v) is 5.96. The van der Waals surface area contributed by atoms with Crippen molar-refractivity contribution >= 4 is 21.3 Å². The van der Waals surface area contributed by atoms with Gasteiger partial charge in [-0.05, 0) is 36.4 Å². The molecule has 0 fully saturated rings. The van der Waals surface area contributed by atoms with E-state index in [9.17, 15) is 4.79 Å². The molecule has 112 valence electrons. The van der Waals surface area contributed by atoms with Gasteiger partial charge in [0, 0.05) is 15.4 Å². The van der Waals surface area contributed by atoms with E-state index in [1.807, 2.05) is 60.7 Å². The third kappa shape index (κ3) is 2.49. The van der Waals surface area contributed by atoms with Crippen LogP contribution < -0.4 is 4.74 Å². The Kier molecular flexibility index (Phi) is 3.56. The zero-order chi connectivity index (χ0) is 15.6. The molecule has 0 bridgehead atoms. The van der Waals surface area contributed by atoms with Gasteiger partial charge < -0.3 is 4.74 Å². The van der Waals surface area contributed by atoms with E-state index in [1.165, 1.54) is 0 Å². The van der Waals surface area contributed by atoms with Crippen LogP contribution in [0.5, 0.6) is 5.75 Å². The zero-order valence-electron chi connectivity index (χ0n) is 12.3. The van der Waals surface area contributed by atoms with Crippen molar-refractivity contribution in [2.45, 2.75) is 9.79 Å². The van der Waals surface area contributed by atoms with Crippen LogP contribution in [0.1, 0.15) is 5.56 Å². The molecular formula is C20H14O2S. The highest BCUT2D eigenvalue weighted by Crippen LogP contribution is 2.42. The van der Waals surface area contributed by atoms with Gasteiger partial charge in [-0.25, -0.2) is 4.79 Å². The summed E-state index contributed by atoms with van der Waals surface area (Å²) in [5.74, 6) is 0.402. The minimum Gasteiger partial charge on any atom is -0.422 e. The first kappa shape index (κ1) is 14.0. The molecule has 0 aliphatic carbocycles. The molecule has 23 heavy (non-hydrogen) atoms. The minimum absolute atomic E-state index is 0.248. The van der Waals surface area contributed by atoms with Gasteiger partial charge in [0.1, 0.15) is 10.6 Å². The van der Waals surface area contributed by atoms with E-state index >= 15 is 0 Å². The van der Waals surface area contributed by atoms with Crippen LogP contribution in [0, 0.1) is 0 Å². The number of esters is 1. The lowest BCUT2D eigenvalue weighted by Crippen LogP contribution is -2.13. The van der Waals surface area contributed by atoms with Gasteiger partial charge in [0.25, 0.3) is 0 Å². The predicted octanol–water partition coefficient (Wildman–Crippen LogP) is 4.51. The van der Waals surface area contributed by atoms with Crippen molar-refractivity contribution in [1.82, 2.24) is 0 Å². The Hall–Kier alpha value is -2.65. The predicted molar refractivity (Wildman–Crippen MR) is 93.2 cm³/mol. The average molecular weight is 318 g/mol. The quantitative estimate of drug-likeness (QED) is 0.395. The summed E-state index contributed by atoms with van der Waals surface area (Å²) in [6, 6.07) is 27.9. The van der Waals surface area contributed by atoms with Crippen molar-refractivity contribution in [2.24, 2.45) is 0 Å². The van der Waals surface area contributed by atoms with E-state index in [0.29, 0.717) is 5.75 Å². The molecule has 1 aliphatic heterocycles. The Morgan fingerprint density at radius 1 is 0.652 bits per heavy atom. The van der Waals surface area contributed by atoms with Crippen molar-refractivity contribution in [3.05, 3.63) is 90.5 Å². The fourth-order valence-electron chi connectivity index (χ4n) is 2.68. The van der Waals surface area contributed by atoms with Gasteiger partial charge >= 0.3 is 5.97 Å². The van der Waals surface area contributed by atoms with Crippen LogP contribution >= 0.6 is 10.5 Å². The number of fused-ring (bicyclic) bond motifs is 1. The van der Waals surface area contributed by atoms with Crippen LogP contribution in [0.2, 0.25) is 0 Å². The second-order valence-electron chi connectivity index (χ2n) is 5.15. The maximum atomic E-state index is 12.6. The zero-order valence-corrected chi connectivity index (χ0v) is 13.1. The lowest BCUT2D eigenvalue weighted by atomic mass is 10.2. The van der Waals surface area contributed by atoms with Crippen LogP contribution in [0.25, 0.3) is 0 Å². The number of benzene rings is 3. The van der Waals surface area contributed by atoms with E-state index < -0.39 is 10.5 Å². The molecule has 4 rings (SSSR count). The van der Waals surface area contributed by atoms with E-state index in [-0.39, 0.29) is 5.97 Å². The summed E-state index contributed by atoms with van der Waals surface area (Å²) >= 11 is 0. The smallest absolute Gasteiger partial charge is 0.350 e. The highest BCUT2D eigenvalue weighted by atomic mass is 32.2. The largest absolute Gasteiger partial charge is 0.422 e. The molecule has 0 atom stereocenters. The summed E-state index contributed by atoms with van der Waals surface area (Å²) in [5, 5.41) is 0. The summed E-state index contributed by atoms with van der Waals surface area (Å²) in [6.45, 7) is 0. The molecule has 0 spiro atoms. The lowest BCUT2D eigenvalue weighted by Gasteiger charge is -2.13. The second-order valence-corrected chi connectivity index (χ2v) is 7.11. The molecule has 2 nitrogen and oxygen atoms in total. The monoisotopic (exact) mass is 318 g/mol. The van der Waals surface area contributed by atoms with Crippen molar-refractivity contribution < 1.29 is 9.53 Å². The van der Waals surface area contributed by atoms with Gasteiger partial charge in [-0.3, -0.25) is 0 Å².